The lowest BCUT2D eigenvalue weighted by atomic mass is 10.1. The third-order valence-electron chi connectivity index (χ3n) is 1.98. The van der Waals surface area contributed by atoms with Gasteiger partial charge >= 0.3 is 0 Å². The highest BCUT2D eigenvalue weighted by Crippen LogP contribution is 2.17. The second kappa shape index (κ2) is 8.07. The zero-order valence-corrected chi connectivity index (χ0v) is 11.0. The Balaban J connectivity index is 1.85. The summed E-state index contributed by atoms with van der Waals surface area (Å²) in [6, 6.07) is 0. The van der Waals surface area contributed by atoms with Gasteiger partial charge in [0.2, 0.25) is 0 Å². The molecule has 1 N–H and O–H groups in total. The van der Waals surface area contributed by atoms with Gasteiger partial charge < -0.3 is 5.32 Å². The van der Waals surface area contributed by atoms with Crippen molar-refractivity contribution in [1.29, 1.82) is 0 Å². The van der Waals surface area contributed by atoms with E-state index < -0.39 is 0 Å². The molecular formula is C10H19N3S2. The second-order valence-corrected chi connectivity index (χ2v) is 6.01. The van der Waals surface area contributed by atoms with Crippen LogP contribution in [0, 0.1) is 5.92 Å². The second-order valence-electron chi connectivity index (χ2n) is 3.84. The van der Waals surface area contributed by atoms with Gasteiger partial charge in [0.05, 0.1) is 0 Å². The fraction of sp³-hybridized carbons (Fsp3) is 0.800. The van der Waals surface area contributed by atoms with Gasteiger partial charge in [-0.05, 0) is 25.3 Å². The molecule has 0 aliphatic heterocycles. The molecule has 0 saturated carbocycles. The van der Waals surface area contributed by atoms with E-state index in [0.717, 1.165) is 29.1 Å². The normalized spacial score (nSPS) is 11.1. The summed E-state index contributed by atoms with van der Waals surface area (Å²) in [5.41, 5.74) is 1.78. The number of hydrogen-bond acceptors (Lipinski definition) is 5. The molecule has 5 heteroatoms. The molecule has 0 spiro atoms. The summed E-state index contributed by atoms with van der Waals surface area (Å²) >= 11 is 3.38. The van der Waals surface area contributed by atoms with Crippen LogP contribution in [0.3, 0.4) is 0 Å². The molecule has 3 nitrogen and oxygen atoms in total. The van der Waals surface area contributed by atoms with Gasteiger partial charge in [0, 0.05) is 12.3 Å². The molecule has 0 saturated heterocycles. The van der Waals surface area contributed by atoms with Crippen LogP contribution in [0.25, 0.3) is 0 Å². The molecule has 0 unspecified atom stereocenters. The van der Waals surface area contributed by atoms with Gasteiger partial charge in [-0.1, -0.05) is 36.9 Å². The van der Waals surface area contributed by atoms with Gasteiger partial charge in [-0.3, -0.25) is 0 Å². The van der Waals surface area contributed by atoms with Crippen LogP contribution in [-0.4, -0.2) is 29.0 Å². The Morgan fingerprint density at radius 3 is 3.00 bits per heavy atom. The fourth-order valence-electron chi connectivity index (χ4n) is 1.20. The molecule has 0 atom stereocenters. The standard InChI is InChI=1S/C10H19N3S2/c1-9(2)4-3-5-11-6-7-14-10-13-12-8-15-10/h8-9,11H,3-7H2,1-2H3. The van der Waals surface area contributed by atoms with E-state index in [1.807, 2.05) is 0 Å². The first-order valence-electron chi connectivity index (χ1n) is 5.38. The summed E-state index contributed by atoms with van der Waals surface area (Å²) in [7, 11) is 0. The van der Waals surface area contributed by atoms with Crippen molar-refractivity contribution in [3.8, 4) is 0 Å². The van der Waals surface area contributed by atoms with E-state index in [1.54, 1.807) is 28.6 Å². The molecule has 0 aromatic carbocycles. The summed E-state index contributed by atoms with van der Waals surface area (Å²) in [5.74, 6) is 1.90. The maximum atomic E-state index is 3.98. The van der Waals surface area contributed by atoms with E-state index in [0.29, 0.717) is 0 Å². The molecule has 86 valence electrons. The average Bonchev–Trinajstić information content (AvgIpc) is 2.68. The topological polar surface area (TPSA) is 37.8 Å². The Kier molecular flexibility index (Phi) is 6.96. The first-order chi connectivity index (χ1) is 7.29. The largest absolute Gasteiger partial charge is 0.316 e. The number of rotatable bonds is 8. The molecule has 1 rings (SSSR count). The van der Waals surface area contributed by atoms with Crippen LogP contribution in [0.15, 0.2) is 9.85 Å². The predicted octanol–water partition coefficient (Wildman–Crippen LogP) is 2.66. The van der Waals surface area contributed by atoms with Gasteiger partial charge in [0.25, 0.3) is 0 Å². The van der Waals surface area contributed by atoms with Crippen molar-refractivity contribution in [2.75, 3.05) is 18.8 Å². The van der Waals surface area contributed by atoms with Crippen LogP contribution < -0.4 is 5.32 Å². The number of nitrogens with zero attached hydrogens (tertiary/aromatic N) is 2. The Morgan fingerprint density at radius 2 is 2.33 bits per heavy atom. The number of hydrogen-bond donors (Lipinski definition) is 1. The lowest BCUT2D eigenvalue weighted by molar-refractivity contribution is 0.534. The molecule has 0 radical (unpaired) electrons. The van der Waals surface area contributed by atoms with Crippen molar-refractivity contribution < 1.29 is 0 Å². The van der Waals surface area contributed by atoms with Crippen LogP contribution in [0.4, 0.5) is 0 Å². The van der Waals surface area contributed by atoms with Crippen molar-refractivity contribution >= 4 is 23.1 Å². The van der Waals surface area contributed by atoms with E-state index >= 15 is 0 Å². The van der Waals surface area contributed by atoms with Crippen LogP contribution in [-0.2, 0) is 0 Å². The quantitative estimate of drug-likeness (QED) is 0.564. The zero-order chi connectivity index (χ0) is 10.9. The minimum Gasteiger partial charge on any atom is -0.316 e. The number of thioether (sulfide) groups is 1. The third kappa shape index (κ3) is 6.87. The van der Waals surface area contributed by atoms with Gasteiger partial charge in [0.1, 0.15) is 5.51 Å². The Morgan fingerprint density at radius 1 is 1.47 bits per heavy atom. The average molecular weight is 245 g/mol. The van der Waals surface area contributed by atoms with Crippen LogP contribution in [0.5, 0.6) is 0 Å². The Labute approximate surface area is 100 Å². The van der Waals surface area contributed by atoms with Gasteiger partial charge in [0.15, 0.2) is 4.34 Å². The number of nitrogens with one attached hydrogen (secondary N) is 1. The minimum atomic E-state index is 0.822. The highest BCUT2D eigenvalue weighted by molar-refractivity contribution is 8.01. The van der Waals surface area contributed by atoms with Crippen LogP contribution in [0.1, 0.15) is 26.7 Å². The molecule has 0 aliphatic rings. The molecule has 0 amide bonds. The van der Waals surface area contributed by atoms with Crippen molar-refractivity contribution in [3.05, 3.63) is 5.51 Å². The van der Waals surface area contributed by atoms with E-state index in [-0.39, 0.29) is 0 Å². The first-order valence-corrected chi connectivity index (χ1v) is 7.25. The molecule has 0 aliphatic carbocycles. The summed E-state index contributed by atoms with van der Waals surface area (Å²) in [6.07, 6.45) is 2.59. The van der Waals surface area contributed by atoms with Crippen molar-refractivity contribution in [1.82, 2.24) is 15.5 Å². The molecule has 15 heavy (non-hydrogen) atoms. The van der Waals surface area contributed by atoms with Crippen LogP contribution >= 0.6 is 23.1 Å². The first kappa shape index (κ1) is 12.9. The molecule has 1 heterocycles. The van der Waals surface area contributed by atoms with Crippen LogP contribution in [0.2, 0.25) is 0 Å². The summed E-state index contributed by atoms with van der Waals surface area (Å²) in [4.78, 5) is 0. The van der Waals surface area contributed by atoms with Gasteiger partial charge in [-0.2, -0.15) is 0 Å². The number of aromatic nitrogens is 2. The smallest absolute Gasteiger partial charge is 0.174 e. The summed E-state index contributed by atoms with van der Waals surface area (Å²) in [5, 5.41) is 11.2. The summed E-state index contributed by atoms with van der Waals surface area (Å²) in [6.45, 7) is 6.73. The third-order valence-corrected chi connectivity index (χ3v) is 3.84. The monoisotopic (exact) mass is 245 g/mol. The van der Waals surface area contributed by atoms with Crippen molar-refractivity contribution in [2.24, 2.45) is 5.92 Å². The maximum Gasteiger partial charge on any atom is 0.174 e. The van der Waals surface area contributed by atoms with E-state index in [4.69, 9.17) is 0 Å². The Hall–Kier alpha value is -0.130. The van der Waals surface area contributed by atoms with E-state index in [9.17, 15) is 0 Å². The molecular weight excluding hydrogens is 226 g/mol. The van der Waals surface area contributed by atoms with E-state index in [2.05, 4.69) is 29.4 Å². The minimum absolute atomic E-state index is 0.822. The highest BCUT2D eigenvalue weighted by Gasteiger charge is 1.97. The lowest BCUT2D eigenvalue weighted by Gasteiger charge is -2.05. The van der Waals surface area contributed by atoms with Gasteiger partial charge in [-0.25, -0.2) is 0 Å². The molecule has 0 fully saturated rings. The van der Waals surface area contributed by atoms with Crippen molar-refractivity contribution in [3.63, 3.8) is 0 Å². The fourth-order valence-corrected chi connectivity index (χ4v) is 2.65. The zero-order valence-electron chi connectivity index (χ0n) is 9.40. The highest BCUT2D eigenvalue weighted by atomic mass is 32.2. The predicted molar refractivity (Wildman–Crippen MR) is 67.6 cm³/mol. The Bertz CT molecular complexity index is 237. The summed E-state index contributed by atoms with van der Waals surface area (Å²) < 4.78 is 1.07. The lowest BCUT2D eigenvalue weighted by Crippen LogP contribution is -2.18. The van der Waals surface area contributed by atoms with Crippen molar-refractivity contribution in [2.45, 2.75) is 31.0 Å². The molecule has 1 aromatic rings. The van der Waals surface area contributed by atoms with Gasteiger partial charge in [-0.15, -0.1) is 10.2 Å². The maximum absolute atomic E-state index is 3.98. The molecule has 1 aromatic heterocycles. The van der Waals surface area contributed by atoms with E-state index in [1.165, 1.54) is 12.8 Å². The SMILES string of the molecule is CC(C)CCCNCCSc1nncs1. The molecule has 0 bridgehead atoms.